The summed E-state index contributed by atoms with van der Waals surface area (Å²) in [5.74, 6) is 0. The molecule has 11 heavy (non-hydrogen) atoms. The highest BCUT2D eigenvalue weighted by atomic mass is 35.5. The Labute approximate surface area is 70.9 Å². The Morgan fingerprint density at radius 1 is 1.73 bits per heavy atom. The van der Waals surface area contributed by atoms with Crippen LogP contribution in [0.15, 0.2) is 6.07 Å². The third-order valence-electron chi connectivity index (χ3n) is 1.37. The summed E-state index contributed by atoms with van der Waals surface area (Å²) in [6.07, 6.45) is 0. The van der Waals surface area contributed by atoms with Crippen LogP contribution in [0.1, 0.15) is 12.6 Å². The maximum atomic E-state index is 5.83. The van der Waals surface area contributed by atoms with Crippen LogP contribution in [0.3, 0.4) is 0 Å². The first kappa shape index (κ1) is 8.56. The zero-order valence-electron chi connectivity index (χ0n) is 6.67. The molecule has 0 fully saturated rings. The smallest absolute Gasteiger partial charge is 0.127 e. The maximum Gasteiger partial charge on any atom is 0.127 e. The van der Waals surface area contributed by atoms with Gasteiger partial charge in [0, 0.05) is 19.7 Å². The molecule has 0 bridgehead atoms. The summed E-state index contributed by atoms with van der Waals surface area (Å²) >= 11 is 5.83. The van der Waals surface area contributed by atoms with Gasteiger partial charge in [0.1, 0.15) is 5.15 Å². The van der Waals surface area contributed by atoms with Crippen molar-refractivity contribution in [2.75, 3.05) is 7.11 Å². The van der Waals surface area contributed by atoms with Gasteiger partial charge in [-0.25, -0.2) is 0 Å². The quantitative estimate of drug-likeness (QED) is 0.698. The summed E-state index contributed by atoms with van der Waals surface area (Å²) in [5.41, 5.74) is 0.874. The zero-order chi connectivity index (χ0) is 8.27. The van der Waals surface area contributed by atoms with Crippen molar-refractivity contribution in [3.63, 3.8) is 0 Å². The molecule has 1 heterocycles. The van der Waals surface area contributed by atoms with Crippen LogP contribution in [0.25, 0.3) is 0 Å². The van der Waals surface area contributed by atoms with E-state index in [1.165, 1.54) is 0 Å². The van der Waals surface area contributed by atoms with Crippen molar-refractivity contribution in [3.8, 4) is 0 Å². The van der Waals surface area contributed by atoms with E-state index in [9.17, 15) is 0 Å². The lowest BCUT2D eigenvalue weighted by Crippen LogP contribution is -1.97. The predicted molar refractivity (Wildman–Crippen MR) is 43.6 cm³/mol. The highest BCUT2D eigenvalue weighted by Crippen LogP contribution is 2.10. The van der Waals surface area contributed by atoms with E-state index >= 15 is 0 Å². The molecule has 0 aliphatic heterocycles. The van der Waals surface area contributed by atoms with Crippen LogP contribution < -0.4 is 0 Å². The number of hydrogen-bond acceptors (Lipinski definition) is 2. The molecule has 0 saturated carbocycles. The molecule has 0 amide bonds. The van der Waals surface area contributed by atoms with Crippen LogP contribution in [-0.2, 0) is 17.9 Å². The lowest BCUT2D eigenvalue weighted by atomic mass is 10.5. The topological polar surface area (TPSA) is 27.1 Å². The second-order valence-electron chi connectivity index (χ2n) is 2.21. The molecule has 0 aliphatic rings. The van der Waals surface area contributed by atoms with Gasteiger partial charge in [-0.2, -0.15) is 5.10 Å². The van der Waals surface area contributed by atoms with E-state index in [0.717, 1.165) is 12.2 Å². The molecule has 3 nitrogen and oxygen atoms in total. The summed E-state index contributed by atoms with van der Waals surface area (Å²) in [7, 11) is 1.64. The van der Waals surface area contributed by atoms with Gasteiger partial charge in [-0.3, -0.25) is 4.68 Å². The Balaban J connectivity index is 2.77. The van der Waals surface area contributed by atoms with Gasteiger partial charge in [0.05, 0.1) is 12.3 Å². The van der Waals surface area contributed by atoms with Crippen LogP contribution in [0.2, 0.25) is 5.15 Å². The van der Waals surface area contributed by atoms with E-state index in [1.807, 2.05) is 13.0 Å². The summed E-state index contributed by atoms with van der Waals surface area (Å²) in [5, 5.41) is 4.84. The fraction of sp³-hybridized carbons (Fsp3) is 0.571. The van der Waals surface area contributed by atoms with E-state index in [2.05, 4.69) is 5.10 Å². The Morgan fingerprint density at radius 2 is 2.45 bits per heavy atom. The maximum absolute atomic E-state index is 5.83. The molecule has 1 aromatic heterocycles. The van der Waals surface area contributed by atoms with Gasteiger partial charge in [0.25, 0.3) is 0 Å². The third-order valence-corrected chi connectivity index (χ3v) is 1.68. The van der Waals surface area contributed by atoms with Crippen molar-refractivity contribution in [1.82, 2.24) is 9.78 Å². The van der Waals surface area contributed by atoms with Crippen LogP contribution >= 0.6 is 11.6 Å². The predicted octanol–water partition coefficient (Wildman–Crippen LogP) is 1.70. The van der Waals surface area contributed by atoms with E-state index in [1.54, 1.807) is 11.8 Å². The summed E-state index contributed by atoms with van der Waals surface area (Å²) in [4.78, 5) is 0. The number of nitrogens with zero attached hydrogens (tertiary/aromatic N) is 2. The number of halogens is 1. The minimum Gasteiger partial charge on any atom is -0.378 e. The molecule has 0 saturated heterocycles. The molecular formula is C7H11ClN2O. The van der Waals surface area contributed by atoms with Crippen LogP contribution in [-0.4, -0.2) is 16.9 Å². The first-order chi connectivity index (χ1) is 5.27. The largest absolute Gasteiger partial charge is 0.378 e. The molecule has 0 atom stereocenters. The summed E-state index contributed by atoms with van der Waals surface area (Å²) in [6, 6.07) is 1.81. The normalized spacial score (nSPS) is 10.5. The molecular weight excluding hydrogens is 164 g/mol. The molecule has 0 aromatic carbocycles. The number of methoxy groups -OCH3 is 1. The van der Waals surface area contributed by atoms with Gasteiger partial charge in [-0.1, -0.05) is 11.6 Å². The molecule has 4 heteroatoms. The molecule has 0 spiro atoms. The number of rotatable bonds is 3. The molecule has 0 radical (unpaired) electrons. The second-order valence-corrected chi connectivity index (χ2v) is 2.59. The SMILES string of the molecule is CCn1nc(COC)cc1Cl. The average molecular weight is 175 g/mol. The van der Waals surface area contributed by atoms with Crippen LogP contribution in [0, 0.1) is 0 Å². The highest BCUT2D eigenvalue weighted by molar-refractivity contribution is 6.29. The fourth-order valence-corrected chi connectivity index (χ4v) is 1.17. The number of aromatic nitrogens is 2. The van der Waals surface area contributed by atoms with Crippen LogP contribution in [0.4, 0.5) is 0 Å². The Kier molecular flexibility index (Phi) is 2.91. The van der Waals surface area contributed by atoms with Crippen molar-refractivity contribution in [2.45, 2.75) is 20.1 Å². The Hall–Kier alpha value is -0.540. The number of hydrogen-bond donors (Lipinski definition) is 0. The minimum atomic E-state index is 0.521. The molecule has 0 aliphatic carbocycles. The van der Waals surface area contributed by atoms with E-state index in [0.29, 0.717) is 11.8 Å². The van der Waals surface area contributed by atoms with Crippen molar-refractivity contribution >= 4 is 11.6 Å². The van der Waals surface area contributed by atoms with Gasteiger partial charge in [-0.05, 0) is 6.92 Å². The summed E-state index contributed by atoms with van der Waals surface area (Å²) < 4.78 is 6.64. The lowest BCUT2D eigenvalue weighted by molar-refractivity contribution is 0.180. The Bertz CT molecular complexity index is 234. The molecule has 1 rings (SSSR count). The lowest BCUT2D eigenvalue weighted by Gasteiger charge is -1.94. The van der Waals surface area contributed by atoms with Crippen LogP contribution in [0.5, 0.6) is 0 Å². The van der Waals surface area contributed by atoms with Crippen molar-refractivity contribution < 1.29 is 4.74 Å². The van der Waals surface area contributed by atoms with E-state index in [4.69, 9.17) is 16.3 Å². The molecule has 0 N–H and O–H groups in total. The minimum absolute atomic E-state index is 0.521. The van der Waals surface area contributed by atoms with Gasteiger partial charge in [-0.15, -0.1) is 0 Å². The fourth-order valence-electron chi connectivity index (χ4n) is 0.884. The monoisotopic (exact) mass is 174 g/mol. The van der Waals surface area contributed by atoms with E-state index in [-0.39, 0.29) is 0 Å². The molecule has 1 aromatic rings. The average Bonchev–Trinajstić information content (AvgIpc) is 2.32. The zero-order valence-corrected chi connectivity index (χ0v) is 7.43. The van der Waals surface area contributed by atoms with Gasteiger partial charge in [0.15, 0.2) is 0 Å². The number of ether oxygens (including phenoxy) is 1. The van der Waals surface area contributed by atoms with E-state index < -0.39 is 0 Å². The molecule has 0 unspecified atom stereocenters. The second kappa shape index (κ2) is 3.74. The summed E-state index contributed by atoms with van der Waals surface area (Å²) in [6.45, 7) is 3.31. The Morgan fingerprint density at radius 3 is 2.91 bits per heavy atom. The third kappa shape index (κ3) is 1.94. The van der Waals surface area contributed by atoms with Crippen molar-refractivity contribution in [1.29, 1.82) is 0 Å². The first-order valence-electron chi connectivity index (χ1n) is 3.49. The van der Waals surface area contributed by atoms with Crippen molar-refractivity contribution in [2.24, 2.45) is 0 Å². The van der Waals surface area contributed by atoms with Gasteiger partial charge < -0.3 is 4.74 Å². The van der Waals surface area contributed by atoms with Crippen molar-refractivity contribution in [3.05, 3.63) is 16.9 Å². The number of aryl methyl sites for hydroxylation is 1. The van der Waals surface area contributed by atoms with Gasteiger partial charge >= 0.3 is 0 Å². The molecule has 62 valence electrons. The van der Waals surface area contributed by atoms with Gasteiger partial charge in [0.2, 0.25) is 0 Å². The first-order valence-corrected chi connectivity index (χ1v) is 3.87. The highest BCUT2D eigenvalue weighted by Gasteiger charge is 2.02. The standard InChI is InChI=1S/C7H11ClN2O/c1-3-10-7(8)4-6(9-10)5-11-2/h4H,3,5H2,1-2H3.